The highest BCUT2D eigenvalue weighted by molar-refractivity contribution is 6.39. The van der Waals surface area contributed by atoms with Crippen molar-refractivity contribution in [2.24, 2.45) is 5.92 Å². The molecule has 4 atom stereocenters. The third kappa shape index (κ3) is 5.31. The second-order valence-electron chi connectivity index (χ2n) is 11.0. The normalized spacial score (nSPS) is 24.4. The number of nitrogens with one attached hydrogen (secondary N) is 1. The summed E-state index contributed by atoms with van der Waals surface area (Å²) in [6.45, 7) is 2.38. The van der Waals surface area contributed by atoms with Crippen LogP contribution in [0.4, 0.5) is 23.7 Å². The number of amides is 2. The fourth-order valence-electron chi connectivity index (χ4n) is 6.13. The van der Waals surface area contributed by atoms with Crippen molar-refractivity contribution in [3.05, 3.63) is 69.4 Å². The van der Waals surface area contributed by atoms with Crippen LogP contribution < -0.4 is 5.32 Å². The molecule has 1 saturated carbocycles. The van der Waals surface area contributed by atoms with Gasteiger partial charge in [0.2, 0.25) is 0 Å². The van der Waals surface area contributed by atoms with Crippen LogP contribution in [0, 0.1) is 5.92 Å². The molecule has 40 heavy (non-hydrogen) atoms. The largest absolute Gasteiger partial charge is 0.416 e. The molecule has 212 valence electrons. The van der Waals surface area contributed by atoms with E-state index in [1.165, 1.54) is 12.1 Å². The van der Waals surface area contributed by atoms with Gasteiger partial charge in [-0.15, -0.1) is 0 Å². The highest BCUT2D eigenvalue weighted by Crippen LogP contribution is 2.47. The molecule has 6 rings (SSSR count). The minimum Gasteiger partial charge on any atom is -0.373 e. The van der Waals surface area contributed by atoms with E-state index in [1.807, 2.05) is 0 Å². The highest BCUT2D eigenvalue weighted by atomic mass is 35.5. The monoisotopic (exact) mass is 593 g/mol. The number of fused-ring (bicyclic) bond motifs is 2. The zero-order chi connectivity index (χ0) is 28.2. The Labute approximate surface area is 239 Å². The summed E-state index contributed by atoms with van der Waals surface area (Å²) in [6.07, 6.45) is -0.470. The third-order valence-electron chi connectivity index (χ3n) is 8.20. The molecule has 2 bridgehead atoms. The molecule has 2 aromatic carbocycles. The lowest BCUT2D eigenvalue weighted by atomic mass is 9.97. The van der Waals surface area contributed by atoms with Gasteiger partial charge < -0.3 is 19.5 Å². The van der Waals surface area contributed by atoms with Crippen LogP contribution in [0.3, 0.4) is 0 Å². The van der Waals surface area contributed by atoms with E-state index in [4.69, 9.17) is 32.5 Å². The van der Waals surface area contributed by atoms with Gasteiger partial charge in [0.05, 0.1) is 28.3 Å². The van der Waals surface area contributed by atoms with Crippen molar-refractivity contribution >= 4 is 34.9 Å². The average Bonchev–Trinajstić information content (AvgIpc) is 3.62. The van der Waals surface area contributed by atoms with Gasteiger partial charge in [0.1, 0.15) is 11.5 Å². The zero-order valence-electron chi connectivity index (χ0n) is 21.7. The number of urea groups is 1. The SMILES string of the molecule is C[C@@H]1CC2CC(OCc3c(-c4c(Cl)cccc4Cl)noc3C3CC3)CC1N2C(=O)Nc1cccc(C(F)(F)F)c1. The molecule has 3 fully saturated rings. The summed E-state index contributed by atoms with van der Waals surface area (Å²) in [5.41, 5.74) is 1.38. The van der Waals surface area contributed by atoms with Gasteiger partial charge in [0.15, 0.2) is 0 Å². The van der Waals surface area contributed by atoms with E-state index < -0.39 is 11.7 Å². The first-order chi connectivity index (χ1) is 19.1. The van der Waals surface area contributed by atoms with E-state index in [2.05, 4.69) is 17.4 Å². The van der Waals surface area contributed by atoms with Crippen LogP contribution in [-0.4, -0.2) is 34.3 Å². The molecule has 6 nitrogen and oxygen atoms in total. The second-order valence-corrected chi connectivity index (χ2v) is 11.8. The molecule has 3 aromatic rings. The van der Waals surface area contributed by atoms with Crippen LogP contribution >= 0.6 is 23.2 Å². The van der Waals surface area contributed by atoms with Crippen LogP contribution in [0.15, 0.2) is 47.0 Å². The molecular formula is C29H28Cl2F3N3O3. The Morgan fingerprint density at radius 2 is 1.85 bits per heavy atom. The Bertz CT molecular complexity index is 1400. The predicted molar refractivity (Wildman–Crippen MR) is 145 cm³/mol. The fraction of sp³-hybridized carbons (Fsp3) is 0.448. The van der Waals surface area contributed by atoms with E-state index >= 15 is 0 Å². The number of piperidine rings is 1. The predicted octanol–water partition coefficient (Wildman–Crippen LogP) is 8.53. The maximum atomic E-state index is 13.2. The van der Waals surface area contributed by atoms with Gasteiger partial charge in [-0.1, -0.05) is 47.4 Å². The number of carbonyl (C=O) groups is 1. The third-order valence-corrected chi connectivity index (χ3v) is 8.83. The Morgan fingerprint density at radius 3 is 2.52 bits per heavy atom. The summed E-state index contributed by atoms with van der Waals surface area (Å²) in [7, 11) is 0. The standard InChI is InChI=1S/C29H28Cl2F3N3O3/c1-15-10-19-12-20(13-24(15)37(19)28(38)35-18-5-2-4-17(11-18)29(32,33)34)39-14-21-26(36-40-27(21)16-8-9-16)25-22(30)6-3-7-23(25)31/h2-7,11,15-16,19-20,24H,8-10,12-14H2,1H3,(H,35,38)/t15-,19?,20?,24?/m1/s1. The highest BCUT2D eigenvalue weighted by Gasteiger charge is 2.48. The lowest BCUT2D eigenvalue weighted by Gasteiger charge is -2.39. The summed E-state index contributed by atoms with van der Waals surface area (Å²) in [5, 5.41) is 7.97. The minimum atomic E-state index is -4.48. The zero-order valence-corrected chi connectivity index (χ0v) is 23.2. The quantitative estimate of drug-likeness (QED) is 0.311. The molecule has 1 aliphatic carbocycles. The number of ether oxygens (including phenoxy) is 1. The molecular weight excluding hydrogens is 566 g/mol. The molecule has 0 spiro atoms. The van der Waals surface area contributed by atoms with Crippen LogP contribution in [0.5, 0.6) is 0 Å². The number of carbonyl (C=O) groups excluding carboxylic acids is 1. The molecule has 2 aliphatic heterocycles. The van der Waals surface area contributed by atoms with Crippen molar-refractivity contribution in [1.82, 2.24) is 10.1 Å². The number of halogens is 5. The number of rotatable bonds is 6. The number of alkyl halides is 3. The first-order valence-corrected chi connectivity index (χ1v) is 14.2. The van der Waals surface area contributed by atoms with Crippen molar-refractivity contribution < 1.29 is 27.2 Å². The molecule has 2 amide bonds. The molecule has 11 heteroatoms. The topological polar surface area (TPSA) is 67.6 Å². The molecule has 1 aromatic heterocycles. The van der Waals surface area contributed by atoms with E-state index in [0.717, 1.165) is 42.7 Å². The Morgan fingerprint density at radius 1 is 1.12 bits per heavy atom. The number of anilines is 1. The number of hydrogen-bond donors (Lipinski definition) is 1. The summed E-state index contributed by atoms with van der Waals surface area (Å²) in [4.78, 5) is 15.0. The molecule has 2 saturated heterocycles. The minimum absolute atomic E-state index is 0.0765. The van der Waals surface area contributed by atoms with Crippen molar-refractivity contribution in [3.63, 3.8) is 0 Å². The van der Waals surface area contributed by atoms with Crippen LogP contribution in [0.2, 0.25) is 10.0 Å². The number of nitrogens with zero attached hydrogens (tertiary/aromatic N) is 2. The smallest absolute Gasteiger partial charge is 0.373 e. The molecule has 1 N–H and O–H groups in total. The number of hydrogen-bond acceptors (Lipinski definition) is 4. The summed E-state index contributed by atoms with van der Waals surface area (Å²) < 4.78 is 51.6. The summed E-state index contributed by atoms with van der Waals surface area (Å²) in [5.74, 6) is 1.35. The molecule has 3 aliphatic rings. The van der Waals surface area contributed by atoms with E-state index in [1.54, 1.807) is 23.1 Å². The van der Waals surface area contributed by atoms with Gasteiger partial charge in [-0.25, -0.2) is 4.79 Å². The van der Waals surface area contributed by atoms with Gasteiger partial charge >= 0.3 is 12.2 Å². The van der Waals surface area contributed by atoms with Gasteiger partial charge in [0.25, 0.3) is 0 Å². The van der Waals surface area contributed by atoms with Gasteiger partial charge in [-0.05, 0) is 68.4 Å². The van der Waals surface area contributed by atoms with Crippen LogP contribution in [0.25, 0.3) is 11.3 Å². The van der Waals surface area contributed by atoms with E-state index in [0.29, 0.717) is 40.1 Å². The molecule has 0 radical (unpaired) electrons. The number of aromatic nitrogens is 1. The summed E-state index contributed by atoms with van der Waals surface area (Å²) >= 11 is 13.0. The first kappa shape index (κ1) is 27.4. The maximum Gasteiger partial charge on any atom is 0.416 e. The molecule has 3 unspecified atom stereocenters. The van der Waals surface area contributed by atoms with Crippen LogP contribution in [-0.2, 0) is 17.5 Å². The van der Waals surface area contributed by atoms with E-state index in [9.17, 15) is 18.0 Å². The Hall–Kier alpha value is -2.75. The van der Waals surface area contributed by atoms with Crippen molar-refractivity contribution in [2.75, 3.05) is 5.32 Å². The Kier molecular flexibility index (Phi) is 7.25. The Balaban J connectivity index is 1.16. The van der Waals surface area contributed by atoms with Gasteiger partial charge in [-0.2, -0.15) is 13.2 Å². The van der Waals surface area contributed by atoms with E-state index in [-0.39, 0.29) is 42.4 Å². The van der Waals surface area contributed by atoms with Crippen molar-refractivity contribution in [1.29, 1.82) is 0 Å². The first-order valence-electron chi connectivity index (χ1n) is 13.4. The molecule has 3 heterocycles. The summed E-state index contributed by atoms with van der Waals surface area (Å²) in [6, 6.07) is 9.45. The second kappa shape index (κ2) is 10.6. The van der Waals surface area contributed by atoms with Crippen molar-refractivity contribution in [3.8, 4) is 11.3 Å². The fourth-order valence-corrected chi connectivity index (χ4v) is 6.71. The maximum absolute atomic E-state index is 13.2. The average molecular weight is 594 g/mol. The lowest BCUT2D eigenvalue weighted by molar-refractivity contribution is -0.137. The van der Waals surface area contributed by atoms with Gasteiger partial charge in [0, 0.05) is 34.8 Å². The lowest BCUT2D eigenvalue weighted by Crippen LogP contribution is -2.51. The van der Waals surface area contributed by atoms with Crippen LogP contribution in [0.1, 0.15) is 61.8 Å². The van der Waals surface area contributed by atoms with Crippen molar-refractivity contribution in [2.45, 2.75) is 75.9 Å². The van der Waals surface area contributed by atoms with Gasteiger partial charge in [-0.3, -0.25) is 0 Å². The number of benzene rings is 2.